The van der Waals surface area contributed by atoms with Crippen LogP contribution in [-0.4, -0.2) is 35.9 Å². The van der Waals surface area contributed by atoms with Gasteiger partial charge < -0.3 is 9.64 Å². The van der Waals surface area contributed by atoms with Crippen LogP contribution in [0.25, 0.3) is 0 Å². The van der Waals surface area contributed by atoms with Crippen LogP contribution in [0.5, 0.6) is 5.75 Å². The molecule has 0 aromatic heterocycles. The lowest BCUT2D eigenvalue weighted by atomic mass is 10.0. The number of fused-ring (bicyclic) bond motifs is 2. The fourth-order valence-corrected chi connectivity index (χ4v) is 3.50. The molecule has 2 fully saturated rings. The molecule has 2 aliphatic rings. The van der Waals surface area contributed by atoms with E-state index in [2.05, 4.69) is 11.9 Å². The first-order valence-corrected chi connectivity index (χ1v) is 7.13. The fraction of sp³-hybridized carbons (Fsp3) is 0.562. The number of carbonyl (C=O) groups is 1. The highest BCUT2D eigenvalue weighted by molar-refractivity contribution is 5.96. The van der Waals surface area contributed by atoms with E-state index < -0.39 is 0 Å². The number of hydrogen-bond donors (Lipinski definition) is 0. The van der Waals surface area contributed by atoms with Crippen LogP contribution in [0.1, 0.15) is 43.0 Å². The van der Waals surface area contributed by atoms with Crippen molar-refractivity contribution >= 4 is 5.78 Å². The summed E-state index contributed by atoms with van der Waals surface area (Å²) in [6.07, 6.45) is 5.00. The molecule has 0 N–H and O–H groups in total. The monoisotopic (exact) mass is 259 g/mol. The number of Topliss-reactive ketones (excluding diaryl/α,β-unsaturated/α-hetero) is 1. The lowest BCUT2D eigenvalue weighted by Gasteiger charge is -2.36. The summed E-state index contributed by atoms with van der Waals surface area (Å²) in [5, 5.41) is 0. The quantitative estimate of drug-likeness (QED) is 0.782. The van der Waals surface area contributed by atoms with E-state index in [9.17, 15) is 4.79 Å². The molecule has 2 atom stereocenters. The number of piperidine rings is 1. The van der Waals surface area contributed by atoms with Gasteiger partial charge in [-0.1, -0.05) is 12.1 Å². The maximum Gasteiger partial charge on any atom is 0.163 e. The Balaban J connectivity index is 1.74. The van der Waals surface area contributed by atoms with Gasteiger partial charge in [0.1, 0.15) is 11.9 Å². The Morgan fingerprint density at radius 3 is 2.47 bits per heavy atom. The number of benzene rings is 1. The van der Waals surface area contributed by atoms with Gasteiger partial charge in [0, 0.05) is 12.1 Å². The van der Waals surface area contributed by atoms with Crippen LogP contribution in [0, 0.1) is 0 Å². The third-order valence-corrected chi connectivity index (χ3v) is 4.61. The Hall–Kier alpha value is -1.35. The van der Waals surface area contributed by atoms with Crippen LogP contribution in [0.3, 0.4) is 0 Å². The molecule has 1 aromatic rings. The van der Waals surface area contributed by atoms with Gasteiger partial charge in [0.05, 0.1) is 5.56 Å². The van der Waals surface area contributed by atoms with Gasteiger partial charge in [0.2, 0.25) is 0 Å². The molecule has 2 heterocycles. The molecule has 0 aliphatic carbocycles. The second kappa shape index (κ2) is 4.97. The van der Waals surface area contributed by atoms with E-state index in [1.165, 1.54) is 12.8 Å². The van der Waals surface area contributed by atoms with Crippen molar-refractivity contribution in [1.29, 1.82) is 0 Å². The second-order valence-electron chi connectivity index (χ2n) is 5.81. The summed E-state index contributed by atoms with van der Waals surface area (Å²) in [5.41, 5.74) is 0.703. The number of ketones is 1. The van der Waals surface area contributed by atoms with Crippen LogP contribution in [-0.2, 0) is 0 Å². The van der Waals surface area contributed by atoms with Crippen molar-refractivity contribution in [3.05, 3.63) is 29.8 Å². The molecule has 0 radical (unpaired) electrons. The molecule has 2 saturated heterocycles. The normalized spacial score (nSPS) is 30.3. The van der Waals surface area contributed by atoms with E-state index in [1.54, 1.807) is 6.92 Å². The minimum Gasteiger partial charge on any atom is -0.490 e. The first-order chi connectivity index (χ1) is 9.15. The SMILES string of the molecule is CC(=O)c1ccccc1OC1CC2CCC(C1)N2C. The Morgan fingerprint density at radius 1 is 1.21 bits per heavy atom. The van der Waals surface area contributed by atoms with Crippen molar-refractivity contribution in [2.24, 2.45) is 0 Å². The average molecular weight is 259 g/mol. The van der Waals surface area contributed by atoms with Gasteiger partial charge >= 0.3 is 0 Å². The zero-order chi connectivity index (χ0) is 13.4. The predicted molar refractivity (Wildman–Crippen MR) is 74.7 cm³/mol. The molecule has 2 unspecified atom stereocenters. The van der Waals surface area contributed by atoms with Crippen LogP contribution >= 0.6 is 0 Å². The van der Waals surface area contributed by atoms with E-state index in [0.29, 0.717) is 17.6 Å². The molecule has 0 amide bonds. The summed E-state index contributed by atoms with van der Waals surface area (Å²) in [5.74, 6) is 0.829. The number of ether oxygens (including phenoxy) is 1. The highest BCUT2D eigenvalue weighted by Gasteiger charge is 2.39. The van der Waals surface area contributed by atoms with Crippen LogP contribution in [0.15, 0.2) is 24.3 Å². The largest absolute Gasteiger partial charge is 0.490 e. The smallest absolute Gasteiger partial charge is 0.163 e. The first kappa shape index (κ1) is 12.7. The summed E-state index contributed by atoms with van der Waals surface area (Å²) in [6, 6.07) is 8.91. The fourth-order valence-electron chi connectivity index (χ4n) is 3.50. The molecule has 3 nitrogen and oxygen atoms in total. The molecule has 1 aromatic carbocycles. The maximum absolute atomic E-state index is 11.6. The molecule has 102 valence electrons. The minimum absolute atomic E-state index is 0.0755. The number of nitrogens with zero attached hydrogens (tertiary/aromatic N) is 1. The number of rotatable bonds is 3. The molecular formula is C16H21NO2. The lowest BCUT2D eigenvalue weighted by molar-refractivity contribution is 0.0652. The Kier molecular flexibility index (Phi) is 3.31. The van der Waals surface area contributed by atoms with E-state index in [1.807, 2.05) is 24.3 Å². The first-order valence-electron chi connectivity index (χ1n) is 7.13. The zero-order valence-electron chi connectivity index (χ0n) is 11.6. The third kappa shape index (κ3) is 2.39. The van der Waals surface area contributed by atoms with Gasteiger partial charge in [0.25, 0.3) is 0 Å². The van der Waals surface area contributed by atoms with Gasteiger partial charge in [-0.05, 0) is 51.8 Å². The molecule has 2 aliphatic heterocycles. The van der Waals surface area contributed by atoms with Crippen molar-refractivity contribution in [3.63, 3.8) is 0 Å². The number of hydrogen-bond acceptors (Lipinski definition) is 3. The number of para-hydroxylation sites is 1. The lowest BCUT2D eigenvalue weighted by Crippen LogP contribution is -2.43. The Labute approximate surface area is 114 Å². The highest BCUT2D eigenvalue weighted by atomic mass is 16.5. The van der Waals surface area contributed by atoms with Crippen molar-refractivity contribution in [2.75, 3.05) is 7.05 Å². The summed E-state index contributed by atoms with van der Waals surface area (Å²) in [4.78, 5) is 14.1. The standard InChI is InChI=1S/C16H21NO2/c1-11(18)15-5-3-4-6-16(15)19-14-9-12-7-8-13(10-14)17(12)2/h3-6,12-14H,7-10H2,1-2H3. The van der Waals surface area contributed by atoms with Crippen molar-refractivity contribution < 1.29 is 9.53 Å². The van der Waals surface area contributed by atoms with Crippen molar-refractivity contribution in [2.45, 2.75) is 50.8 Å². The molecule has 19 heavy (non-hydrogen) atoms. The summed E-state index contributed by atoms with van der Waals surface area (Å²) >= 11 is 0. The molecule has 0 spiro atoms. The summed E-state index contributed by atoms with van der Waals surface area (Å²) in [7, 11) is 2.22. The van der Waals surface area contributed by atoms with E-state index >= 15 is 0 Å². The van der Waals surface area contributed by atoms with Gasteiger partial charge in [-0.25, -0.2) is 0 Å². The van der Waals surface area contributed by atoms with Crippen LogP contribution in [0.4, 0.5) is 0 Å². The molecule has 3 heteroatoms. The van der Waals surface area contributed by atoms with Crippen LogP contribution in [0.2, 0.25) is 0 Å². The van der Waals surface area contributed by atoms with Gasteiger partial charge in [0.15, 0.2) is 5.78 Å². The van der Waals surface area contributed by atoms with Gasteiger partial charge in [-0.15, -0.1) is 0 Å². The molecule has 2 bridgehead atoms. The maximum atomic E-state index is 11.6. The molecule has 0 saturated carbocycles. The summed E-state index contributed by atoms with van der Waals surface area (Å²) in [6.45, 7) is 1.60. The summed E-state index contributed by atoms with van der Waals surface area (Å²) < 4.78 is 6.13. The van der Waals surface area contributed by atoms with Crippen molar-refractivity contribution in [3.8, 4) is 5.75 Å². The number of carbonyl (C=O) groups excluding carboxylic acids is 1. The van der Waals surface area contributed by atoms with E-state index in [-0.39, 0.29) is 11.9 Å². The topological polar surface area (TPSA) is 29.5 Å². The minimum atomic E-state index is 0.0755. The van der Waals surface area contributed by atoms with Crippen molar-refractivity contribution in [1.82, 2.24) is 4.90 Å². The Morgan fingerprint density at radius 2 is 1.84 bits per heavy atom. The zero-order valence-corrected chi connectivity index (χ0v) is 11.6. The van der Waals surface area contributed by atoms with Crippen LogP contribution < -0.4 is 4.74 Å². The predicted octanol–water partition coefficient (Wildman–Crippen LogP) is 2.89. The molecule has 3 rings (SSSR count). The highest BCUT2D eigenvalue weighted by Crippen LogP contribution is 2.36. The molecular weight excluding hydrogens is 238 g/mol. The average Bonchev–Trinajstić information content (AvgIpc) is 2.63. The van der Waals surface area contributed by atoms with E-state index in [4.69, 9.17) is 4.74 Å². The second-order valence-corrected chi connectivity index (χ2v) is 5.81. The Bertz CT molecular complexity index is 471. The van der Waals surface area contributed by atoms with Gasteiger partial charge in [-0.2, -0.15) is 0 Å². The third-order valence-electron chi connectivity index (χ3n) is 4.61. The van der Waals surface area contributed by atoms with E-state index in [0.717, 1.165) is 18.6 Å². The van der Waals surface area contributed by atoms with Gasteiger partial charge in [-0.3, -0.25) is 4.79 Å².